The van der Waals surface area contributed by atoms with Gasteiger partial charge in [-0.25, -0.2) is 0 Å². The van der Waals surface area contributed by atoms with Crippen molar-refractivity contribution in [1.82, 2.24) is 5.32 Å². The van der Waals surface area contributed by atoms with Crippen molar-refractivity contribution < 1.29 is 0 Å². The molecule has 1 aliphatic heterocycles. The highest BCUT2D eigenvalue weighted by Crippen LogP contribution is 2.23. The Morgan fingerprint density at radius 1 is 1.36 bits per heavy atom. The Kier molecular flexibility index (Phi) is 1.75. The van der Waals surface area contributed by atoms with E-state index < -0.39 is 0 Å². The average molecular weight is 166 g/mol. The van der Waals surface area contributed by atoms with E-state index in [2.05, 4.69) is 30.3 Å². The van der Waals surface area contributed by atoms with Gasteiger partial charge in [0.2, 0.25) is 0 Å². The van der Waals surface area contributed by atoms with Crippen molar-refractivity contribution in [2.24, 2.45) is 0 Å². The van der Waals surface area contributed by atoms with Crippen LogP contribution < -0.4 is 9.62 Å². The lowest BCUT2D eigenvalue weighted by atomic mass is 10.1. The molecule has 0 saturated carbocycles. The molecule has 2 nitrogen and oxygen atoms in total. The number of nitrogens with zero attached hydrogens (tertiary/aromatic N) is 1. The van der Waals surface area contributed by atoms with E-state index in [1.165, 1.54) is 11.3 Å². The van der Waals surface area contributed by atoms with Crippen LogP contribution in [0.2, 0.25) is 0 Å². The molecule has 1 aromatic rings. The summed E-state index contributed by atoms with van der Waals surface area (Å²) in [4.78, 5) is 0. The Balaban J connectivity index is 2.44. The minimum absolute atomic E-state index is 0.820. The topological polar surface area (TPSA) is 15.3 Å². The van der Waals surface area contributed by atoms with Gasteiger partial charge in [-0.05, 0) is 11.6 Å². The van der Waals surface area contributed by atoms with Gasteiger partial charge < -0.3 is 4.31 Å². The molecule has 11 heavy (non-hydrogen) atoms. The van der Waals surface area contributed by atoms with E-state index in [9.17, 15) is 0 Å². The van der Waals surface area contributed by atoms with Crippen molar-refractivity contribution in [1.29, 1.82) is 0 Å². The smallest absolute Gasteiger partial charge is 0.0790 e. The first-order valence-electron chi connectivity index (χ1n) is 3.63. The van der Waals surface area contributed by atoms with Crippen LogP contribution in [0.5, 0.6) is 0 Å². The van der Waals surface area contributed by atoms with Gasteiger partial charge in [-0.2, -0.15) is 0 Å². The molecule has 3 heteroatoms. The molecule has 1 N–H and O–H groups in total. The first kappa shape index (κ1) is 7.00. The van der Waals surface area contributed by atoms with Gasteiger partial charge in [-0.3, -0.25) is 5.32 Å². The van der Waals surface area contributed by atoms with Gasteiger partial charge in [-0.1, -0.05) is 31.0 Å². The summed E-state index contributed by atoms with van der Waals surface area (Å²) in [6, 6.07) is 8.29. The van der Waals surface area contributed by atoms with E-state index in [-0.39, 0.29) is 0 Å². The predicted molar refractivity (Wildman–Crippen MR) is 49.6 cm³/mol. The van der Waals surface area contributed by atoms with Crippen molar-refractivity contribution in [2.75, 3.05) is 11.0 Å². The SMILES string of the molecule is SN1CNCc2ccccc21. The fraction of sp³-hybridized carbons (Fsp3) is 0.250. The molecule has 0 spiro atoms. The van der Waals surface area contributed by atoms with Crippen molar-refractivity contribution in [3.05, 3.63) is 29.8 Å². The summed E-state index contributed by atoms with van der Waals surface area (Å²) >= 11 is 4.31. The maximum absolute atomic E-state index is 4.31. The molecule has 1 aliphatic rings. The Morgan fingerprint density at radius 3 is 3.00 bits per heavy atom. The zero-order valence-corrected chi connectivity index (χ0v) is 7.01. The third-order valence-electron chi connectivity index (χ3n) is 1.85. The third-order valence-corrected chi connectivity index (χ3v) is 2.20. The van der Waals surface area contributed by atoms with Crippen LogP contribution in [0.25, 0.3) is 0 Å². The van der Waals surface area contributed by atoms with Crippen LogP contribution in [-0.4, -0.2) is 6.67 Å². The summed E-state index contributed by atoms with van der Waals surface area (Å²) in [5, 5.41) is 3.24. The highest BCUT2D eigenvalue weighted by Gasteiger charge is 2.11. The number of nitrogens with one attached hydrogen (secondary N) is 1. The van der Waals surface area contributed by atoms with E-state index in [1.807, 2.05) is 16.4 Å². The van der Waals surface area contributed by atoms with Crippen LogP contribution in [0.4, 0.5) is 5.69 Å². The number of anilines is 1. The normalized spacial score (nSPS) is 16.3. The van der Waals surface area contributed by atoms with E-state index in [1.54, 1.807) is 0 Å². The summed E-state index contributed by atoms with van der Waals surface area (Å²) in [6.07, 6.45) is 0. The van der Waals surface area contributed by atoms with E-state index in [4.69, 9.17) is 0 Å². The zero-order chi connectivity index (χ0) is 7.68. The van der Waals surface area contributed by atoms with Crippen LogP contribution in [0, 0.1) is 0 Å². The highest BCUT2D eigenvalue weighted by molar-refractivity contribution is 7.81. The minimum Gasteiger partial charge on any atom is -0.304 e. The fourth-order valence-corrected chi connectivity index (χ4v) is 1.59. The minimum atomic E-state index is 0.820. The van der Waals surface area contributed by atoms with Gasteiger partial charge in [0.15, 0.2) is 0 Å². The summed E-state index contributed by atoms with van der Waals surface area (Å²) in [5.41, 5.74) is 2.53. The van der Waals surface area contributed by atoms with Gasteiger partial charge in [-0.15, -0.1) is 0 Å². The maximum Gasteiger partial charge on any atom is 0.0790 e. The van der Waals surface area contributed by atoms with Gasteiger partial charge in [0, 0.05) is 6.54 Å². The van der Waals surface area contributed by atoms with Gasteiger partial charge >= 0.3 is 0 Å². The molecule has 0 unspecified atom stereocenters. The molecule has 0 saturated heterocycles. The summed E-state index contributed by atoms with van der Waals surface area (Å²) < 4.78 is 1.92. The predicted octanol–water partition coefficient (Wildman–Crippen LogP) is 1.40. The molecule has 0 aromatic heterocycles. The molecule has 0 radical (unpaired) electrons. The Morgan fingerprint density at radius 2 is 2.18 bits per heavy atom. The summed E-state index contributed by atoms with van der Waals surface area (Å²) in [6.45, 7) is 1.77. The lowest BCUT2D eigenvalue weighted by Crippen LogP contribution is -2.32. The van der Waals surface area contributed by atoms with Gasteiger partial charge in [0.25, 0.3) is 0 Å². The molecule has 0 bridgehead atoms. The van der Waals surface area contributed by atoms with Gasteiger partial charge in [0.05, 0.1) is 12.4 Å². The van der Waals surface area contributed by atoms with E-state index >= 15 is 0 Å². The number of para-hydroxylation sites is 1. The summed E-state index contributed by atoms with van der Waals surface area (Å²) in [5.74, 6) is 0. The van der Waals surface area contributed by atoms with Crippen LogP contribution in [-0.2, 0) is 6.54 Å². The van der Waals surface area contributed by atoms with Gasteiger partial charge in [0.1, 0.15) is 0 Å². The Hall–Kier alpha value is -0.670. The van der Waals surface area contributed by atoms with Crippen LogP contribution in [0.1, 0.15) is 5.56 Å². The average Bonchev–Trinajstić information content (AvgIpc) is 2.06. The van der Waals surface area contributed by atoms with Crippen LogP contribution in [0.3, 0.4) is 0 Å². The highest BCUT2D eigenvalue weighted by atomic mass is 32.1. The molecular formula is C8H10N2S. The Labute approximate surface area is 71.8 Å². The van der Waals surface area contributed by atoms with E-state index in [0.29, 0.717) is 0 Å². The molecule has 1 heterocycles. The molecule has 58 valence electrons. The maximum atomic E-state index is 4.31. The standard InChI is InChI=1S/C8H10N2S/c11-10-6-9-5-7-3-1-2-4-8(7)10/h1-4,9,11H,5-6H2. The third kappa shape index (κ3) is 1.21. The van der Waals surface area contributed by atoms with Crippen LogP contribution >= 0.6 is 12.8 Å². The monoisotopic (exact) mass is 166 g/mol. The lowest BCUT2D eigenvalue weighted by molar-refractivity contribution is 0.684. The quantitative estimate of drug-likeness (QED) is 0.566. The summed E-state index contributed by atoms with van der Waals surface area (Å²) in [7, 11) is 0. The molecule has 2 rings (SSSR count). The number of benzene rings is 1. The molecule has 1 aromatic carbocycles. The largest absolute Gasteiger partial charge is 0.304 e. The second-order valence-corrected chi connectivity index (χ2v) is 3.10. The second kappa shape index (κ2) is 2.75. The number of thiol groups is 1. The van der Waals surface area contributed by atoms with Crippen molar-refractivity contribution >= 4 is 18.5 Å². The molecule has 0 atom stereocenters. The first-order valence-corrected chi connectivity index (χ1v) is 4.03. The number of rotatable bonds is 0. The fourth-order valence-electron chi connectivity index (χ4n) is 1.29. The van der Waals surface area contributed by atoms with Crippen molar-refractivity contribution in [3.63, 3.8) is 0 Å². The molecule has 0 amide bonds. The number of fused-ring (bicyclic) bond motifs is 1. The van der Waals surface area contributed by atoms with E-state index in [0.717, 1.165) is 13.2 Å². The van der Waals surface area contributed by atoms with Crippen molar-refractivity contribution in [2.45, 2.75) is 6.54 Å². The Bertz CT molecular complexity index is 262. The molecular weight excluding hydrogens is 156 g/mol. The zero-order valence-electron chi connectivity index (χ0n) is 6.12. The van der Waals surface area contributed by atoms with Crippen molar-refractivity contribution in [3.8, 4) is 0 Å². The lowest BCUT2D eigenvalue weighted by Gasteiger charge is -2.26. The molecule has 0 fully saturated rings. The second-order valence-electron chi connectivity index (χ2n) is 2.61. The molecule has 0 aliphatic carbocycles. The number of hydrogen-bond donors (Lipinski definition) is 2. The van der Waals surface area contributed by atoms with Crippen LogP contribution in [0.15, 0.2) is 24.3 Å². The number of hydrogen-bond acceptors (Lipinski definition) is 3. The first-order chi connectivity index (χ1) is 5.38.